The van der Waals surface area contributed by atoms with Crippen LogP contribution in [0.5, 0.6) is 0 Å². The lowest BCUT2D eigenvalue weighted by Crippen LogP contribution is -2.37. The third kappa shape index (κ3) is 4.19. The van der Waals surface area contributed by atoms with Crippen molar-refractivity contribution in [1.29, 1.82) is 0 Å². The second-order valence-electron chi connectivity index (χ2n) is 5.36. The molecule has 0 spiro atoms. The van der Waals surface area contributed by atoms with Crippen molar-refractivity contribution in [2.45, 2.75) is 57.9 Å². The Hall–Kier alpha value is -0.160. The molecule has 0 amide bonds. The minimum atomic E-state index is -0.0200. The molecule has 2 unspecified atom stereocenters. The fourth-order valence-electron chi connectivity index (χ4n) is 3.09. The first-order valence-electron chi connectivity index (χ1n) is 7.53. The highest BCUT2D eigenvalue weighted by molar-refractivity contribution is 4.89. The highest BCUT2D eigenvalue weighted by atomic mass is 16.7. The van der Waals surface area contributed by atoms with E-state index in [0.29, 0.717) is 0 Å². The van der Waals surface area contributed by atoms with Gasteiger partial charge in [0.25, 0.3) is 0 Å². The van der Waals surface area contributed by atoms with E-state index in [1.165, 1.54) is 32.4 Å². The number of likely N-dealkylation sites (tertiary alicyclic amines) is 1. The summed E-state index contributed by atoms with van der Waals surface area (Å²) in [5.41, 5.74) is 0. The average Bonchev–Trinajstić information content (AvgIpc) is 2.68. The number of fused-ring (bicyclic) bond motifs is 2. The lowest BCUT2D eigenvalue weighted by Gasteiger charge is -2.26. The van der Waals surface area contributed by atoms with Gasteiger partial charge in [-0.15, -0.1) is 0 Å². The molecule has 0 aromatic carbocycles. The smallest absolute Gasteiger partial charge is 0.158 e. The SMILES string of the molecule is CCOC(CCN1CCC2CCC(C1)N2)OCC. The lowest BCUT2D eigenvalue weighted by molar-refractivity contribution is -0.141. The first kappa shape index (κ1) is 14.3. The average molecular weight is 256 g/mol. The fourth-order valence-corrected chi connectivity index (χ4v) is 3.09. The Morgan fingerprint density at radius 1 is 1.11 bits per heavy atom. The summed E-state index contributed by atoms with van der Waals surface area (Å²) >= 11 is 0. The number of nitrogens with zero attached hydrogens (tertiary/aromatic N) is 1. The van der Waals surface area contributed by atoms with E-state index in [-0.39, 0.29) is 6.29 Å². The molecule has 4 nitrogen and oxygen atoms in total. The maximum Gasteiger partial charge on any atom is 0.158 e. The summed E-state index contributed by atoms with van der Waals surface area (Å²) in [6, 6.07) is 1.49. The summed E-state index contributed by atoms with van der Waals surface area (Å²) in [6.07, 6.45) is 4.98. The van der Waals surface area contributed by atoms with Crippen LogP contribution in [0, 0.1) is 0 Å². The zero-order valence-electron chi connectivity index (χ0n) is 11.9. The molecular formula is C14H28N2O2. The topological polar surface area (TPSA) is 33.7 Å². The maximum atomic E-state index is 5.60. The quantitative estimate of drug-likeness (QED) is 0.702. The number of hydrogen-bond acceptors (Lipinski definition) is 4. The first-order valence-corrected chi connectivity index (χ1v) is 7.53. The second-order valence-corrected chi connectivity index (χ2v) is 5.36. The van der Waals surface area contributed by atoms with Crippen molar-refractivity contribution in [1.82, 2.24) is 10.2 Å². The molecule has 2 aliphatic heterocycles. The molecular weight excluding hydrogens is 228 g/mol. The molecule has 106 valence electrons. The molecule has 0 aromatic heterocycles. The van der Waals surface area contributed by atoms with Crippen molar-refractivity contribution in [3.05, 3.63) is 0 Å². The van der Waals surface area contributed by atoms with Gasteiger partial charge < -0.3 is 19.7 Å². The summed E-state index contributed by atoms with van der Waals surface area (Å²) < 4.78 is 11.2. The Kier molecular flexibility index (Phi) is 5.89. The summed E-state index contributed by atoms with van der Waals surface area (Å²) in [7, 11) is 0. The number of ether oxygens (including phenoxy) is 2. The standard InChI is InChI=1S/C14H28N2O2/c1-3-17-14(18-4-2)8-10-16-9-7-12-5-6-13(11-16)15-12/h12-15H,3-11H2,1-2H3. The predicted octanol–water partition coefficient (Wildman–Crippen LogP) is 1.60. The number of rotatable bonds is 7. The Balaban J connectivity index is 1.71. The van der Waals surface area contributed by atoms with Gasteiger partial charge in [0.2, 0.25) is 0 Å². The van der Waals surface area contributed by atoms with E-state index in [9.17, 15) is 0 Å². The normalized spacial score (nSPS) is 28.8. The molecule has 2 saturated heterocycles. The van der Waals surface area contributed by atoms with Gasteiger partial charge in [0, 0.05) is 44.8 Å². The molecule has 2 atom stereocenters. The highest BCUT2D eigenvalue weighted by Gasteiger charge is 2.29. The molecule has 4 heteroatoms. The molecule has 0 aromatic rings. The molecule has 0 aliphatic carbocycles. The molecule has 2 aliphatic rings. The van der Waals surface area contributed by atoms with Crippen LogP contribution in [0.2, 0.25) is 0 Å². The number of nitrogens with one attached hydrogen (secondary N) is 1. The second kappa shape index (κ2) is 7.43. The van der Waals surface area contributed by atoms with Crippen molar-refractivity contribution < 1.29 is 9.47 Å². The zero-order chi connectivity index (χ0) is 12.8. The molecule has 2 heterocycles. The van der Waals surface area contributed by atoms with Crippen molar-refractivity contribution >= 4 is 0 Å². The monoisotopic (exact) mass is 256 g/mol. The van der Waals surface area contributed by atoms with Crippen LogP contribution in [0.15, 0.2) is 0 Å². The van der Waals surface area contributed by atoms with Crippen LogP contribution in [-0.4, -0.2) is 56.1 Å². The molecule has 1 N–H and O–H groups in total. The molecule has 0 saturated carbocycles. The summed E-state index contributed by atoms with van der Waals surface area (Å²) in [5, 5.41) is 3.72. The van der Waals surface area contributed by atoms with Crippen molar-refractivity contribution in [2.24, 2.45) is 0 Å². The van der Waals surface area contributed by atoms with Gasteiger partial charge >= 0.3 is 0 Å². The summed E-state index contributed by atoms with van der Waals surface area (Å²) in [4.78, 5) is 2.57. The van der Waals surface area contributed by atoms with E-state index in [1.54, 1.807) is 0 Å². The predicted molar refractivity (Wildman–Crippen MR) is 72.7 cm³/mol. The zero-order valence-corrected chi connectivity index (χ0v) is 11.9. The van der Waals surface area contributed by atoms with Gasteiger partial charge in [-0.3, -0.25) is 0 Å². The van der Waals surface area contributed by atoms with Crippen LogP contribution >= 0.6 is 0 Å². The maximum absolute atomic E-state index is 5.60. The third-order valence-electron chi connectivity index (χ3n) is 3.99. The van der Waals surface area contributed by atoms with Crippen LogP contribution in [-0.2, 0) is 9.47 Å². The van der Waals surface area contributed by atoms with E-state index in [0.717, 1.165) is 38.3 Å². The van der Waals surface area contributed by atoms with E-state index < -0.39 is 0 Å². The molecule has 0 radical (unpaired) electrons. The molecule has 18 heavy (non-hydrogen) atoms. The van der Waals surface area contributed by atoms with Gasteiger partial charge in [-0.25, -0.2) is 0 Å². The fraction of sp³-hybridized carbons (Fsp3) is 1.00. The largest absolute Gasteiger partial charge is 0.353 e. The van der Waals surface area contributed by atoms with Crippen LogP contribution in [0.4, 0.5) is 0 Å². The van der Waals surface area contributed by atoms with Crippen molar-refractivity contribution in [3.63, 3.8) is 0 Å². The lowest BCUT2D eigenvalue weighted by atomic mass is 10.1. The van der Waals surface area contributed by atoms with Crippen LogP contribution in [0.1, 0.15) is 39.5 Å². The van der Waals surface area contributed by atoms with E-state index >= 15 is 0 Å². The molecule has 2 rings (SSSR count). The summed E-state index contributed by atoms with van der Waals surface area (Å²) in [5.74, 6) is 0. The van der Waals surface area contributed by atoms with Crippen LogP contribution in [0.25, 0.3) is 0 Å². The highest BCUT2D eigenvalue weighted by Crippen LogP contribution is 2.20. The minimum Gasteiger partial charge on any atom is -0.353 e. The van der Waals surface area contributed by atoms with Gasteiger partial charge in [0.15, 0.2) is 6.29 Å². The minimum absolute atomic E-state index is 0.0200. The van der Waals surface area contributed by atoms with Crippen LogP contribution in [0.3, 0.4) is 0 Å². The van der Waals surface area contributed by atoms with Crippen molar-refractivity contribution in [2.75, 3.05) is 32.8 Å². The van der Waals surface area contributed by atoms with E-state index in [2.05, 4.69) is 10.2 Å². The van der Waals surface area contributed by atoms with E-state index in [4.69, 9.17) is 9.47 Å². The molecule has 2 bridgehead atoms. The van der Waals surface area contributed by atoms with Gasteiger partial charge in [0.1, 0.15) is 0 Å². The Bertz CT molecular complexity index is 232. The van der Waals surface area contributed by atoms with Crippen molar-refractivity contribution in [3.8, 4) is 0 Å². The number of hydrogen-bond donors (Lipinski definition) is 1. The van der Waals surface area contributed by atoms with E-state index in [1.807, 2.05) is 13.8 Å². The van der Waals surface area contributed by atoms with Gasteiger partial charge in [-0.1, -0.05) is 0 Å². The Labute approximate surface area is 111 Å². The Morgan fingerprint density at radius 2 is 1.83 bits per heavy atom. The van der Waals surface area contributed by atoms with Crippen LogP contribution < -0.4 is 5.32 Å². The van der Waals surface area contributed by atoms with Gasteiger partial charge in [-0.05, 0) is 39.7 Å². The van der Waals surface area contributed by atoms with Gasteiger partial charge in [-0.2, -0.15) is 0 Å². The molecule has 2 fully saturated rings. The first-order chi connectivity index (χ1) is 8.81. The summed E-state index contributed by atoms with van der Waals surface area (Å²) in [6.45, 7) is 9.03. The Morgan fingerprint density at radius 3 is 2.56 bits per heavy atom. The third-order valence-corrected chi connectivity index (χ3v) is 3.99. The van der Waals surface area contributed by atoms with Gasteiger partial charge in [0.05, 0.1) is 0 Å².